The minimum atomic E-state index is -0.0734. The molecule has 0 radical (unpaired) electrons. The number of hydrogen-bond donors (Lipinski definition) is 0. The van der Waals surface area contributed by atoms with E-state index in [1.807, 2.05) is 0 Å². The molecule has 126 valence electrons. The van der Waals surface area contributed by atoms with E-state index in [0.717, 1.165) is 13.0 Å². The predicted molar refractivity (Wildman–Crippen MR) is 86.4 cm³/mol. The van der Waals surface area contributed by atoms with E-state index in [1.54, 1.807) is 42.2 Å². The molecule has 0 N–H and O–H groups in total. The van der Waals surface area contributed by atoms with Crippen molar-refractivity contribution in [2.24, 2.45) is 0 Å². The van der Waals surface area contributed by atoms with Crippen LogP contribution in [0.2, 0.25) is 0 Å². The molecule has 0 aromatic carbocycles. The number of pyridine rings is 1. The third-order valence-electron chi connectivity index (χ3n) is 3.93. The summed E-state index contributed by atoms with van der Waals surface area (Å²) in [5.41, 5.74) is 0.479. The number of carbonyl (C=O) groups excluding carboxylic acids is 2. The van der Waals surface area contributed by atoms with Crippen molar-refractivity contribution in [3.63, 3.8) is 0 Å². The Kier molecular flexibility index (Phi) is 5.92. The van der Waals surface area contributed by atoms with Gasteiger partial charge in [-0.1, -0.05) is 0 Å². The zero-order valence-corrected chi connectivity index (χ0v) is 14.0. The fourth-order valence-corrected chi connectivity index (χ4v) is 2.55. The van der Waals surface area contributed by atoms with E-state index in [-0.39, 0.29) is 11.8 Å². The number of nitrogens with zero attached hydrogens (tertiary/aromatic N) is 4. The lowest BCUT2D eigenvalue weighted by Gasteiger charge is -2.23. The van der Waals surface area contributed by atoms with Gasteiger partial charge in [-0.25, -0.2) is 4.98 Å². The number of amides is 2. The van der Waals surface area contributed by atoms with Crippen LogP contribution in [-0.4, -0.2) is 85.4 Å². The van der Waals surface area contributed by atoms with Crippen molar-refractivity contribution in [3.05, 3.63) is 23.9 Å². The summed E-state index contributed by atoms with van der Waals surface area (Å²) < 4.78 is 5.17. The van der Waals surface area contributed by atoms with Crippen molar-refractivity contribution in [1.82, 2.24) is 19.7 Å². The maximum Gasteiger partial charge on any atom is 0.259 e. The molecule has 1 aromatic heterocycles. The second-order valence-electron chi connectivity index (χ2n) is 5.77. The molecule has 7 heteroatoms. The summed E-state index contributed by atoms with van der Waals surface area (Å²) in [5.74, 6) is 0.357. The predicted octanol–water partition coefficient (Wildman–Crippen LogP) is 0.326. The van der Waals surface area contributed by atoms with E-state index in [9.17, 15) is 9.59 Å². The number of hydrogen-bond acceptors (Lipinski definition) is 5. The Balaban J connectivity index is 2.00. The zero-order valence-electron chi connectivity index (χ0n) is 14.0. The van der Waals surface area contributed by atoms with Crippen molar-refractivity contribution in [2.75, 3.05) is 53.9 Å². The van der Waals surface area contributed by atoms with E-state index in [4.69, 9.17) is 4.74 Å². The van der Waals surface area contributed by atoms with Crippen LogP contribution >= 0.6 is 0 Å². The van der Waals surface area contributed by atoms with Crippen molar-refractivity contribution >= 4 is 11.8 Å². The highest BCUT2D eigenvalue weighted by atomic mass is 16.5. The number of ether oxygens (including phenoxy) is 1. The molecule has 0 spiro atoms. The maximum atomic E-state index is 12.7. The summed E-state index contributed by atoms with van der Waals surface area (Å²) in [6.45, 7) is 3.16. The molecule has 1 aliphatic heterocycles. The number of aromatic nitrogens is 1. The monoisotopic (exact) mass is 320 g/mol. The molecule has 0 aliphatic carbocycles. The van der Waals surface area contributed by atoms with E-state index in [1.165, 1.54) is 7.11 Å². The lowest BCUT2D eigenvalue weighted by Crippen LogP contribution is -2.39. The summed E-state index contributed by atoms with van der Waals surface area (Å²) in [6, 6.07) is 3.46. The summed E-state index contributed by atoms with van der Waals surface area (Å²) in [6.07, 6.45) is 2.45. The average Bonchev–Trinajstić information content (AvgIpc) is 2.79. The van der Waals surface area contributed by atoms with Crippen LogP contribution in [0.25, 0.3) is 0 Å². The van der Waals surface area contributed by atoms with E-state index >= 15 is 0 Å². The van der Waals surface area contributed by atoms with E-state index in [0.29, 0.717) is 37.6 Å². The molecule has 1 fully saturated rings. The molecular weight excluding hydrogens is 296 g/mol. The van der Waals surface area contributed by atoms with Crippen LogP contribution in [0.5, 0.6) is 5.88 Å². The van der Waals surface area contributed by atoms with Crippen molar-refractivity contribution in [1.29, 1.82) is 0 Å². The Morgan fingerprint density at radius 1 is 1.26 bits per heavy atom. The molecule has 23 heavy (non-hydrogen) atoms. The molecule has 7 nitrogen and oxygen atoms in total. The first-order valence-corrected chi connectivity index (χ1v) is 7.73. The van der Waals surface area contributed by atoms with Gasteiger partial charge in [0.15, 0.2) is 0 Å². The zero-order chi connectivity index (χ0) is 16.8. The minimum absolute atomic E-state index is 0.0734. The van der Waals surface area contributed by atoms with Crippen LogP contribution in [0.15, 0.2) is 18.3 Å². The second-order valence-corrected chi connectivity index (χ2v) is 5.77. The molecule has 0 atom stereocenters. The van der Waals surface area contributed by atoms with E-state index in [2.05, 4.69) is 9.88 Å². The highest BCUT2D eigenvalue weighted by Crippen LogP contribution is 2.17. The number of likely N-dealkylation sites (N-methyl/N-ethyl adjacent to an activating group) is 1. The third-order valence-corrected chi connectivity index (χ3v) is 3.93. The molecule has 1 aliphatic rings. The van der Waals surface area contributed by atoms with Gasteiger partial charge in [0.05, 0.1) is 13.7 Å². The SMILES string of the molecule is COc1ncccc1C(=O)N1CCCN(CC(=O)N(C)C)CC1. The number of methoxy groups -OCH3 is 1. The van der Waals surface area contributed by atoms with E-state index < -0.39 is 0 Å². The van der Waals surface area contributed by atoms with Crippen LogP contribution in [0, 0.1) is 0 Å². The molecule has 2 heterocycles. The Hall–Kier alpha value is -2.15. The topological polar surface area (TPSA) is 66.0 Å². The number of carbonyl (C=O) groups is 2. The summed E-state index contributed by atoms with van der Waals surface area (Å²) in [7, 11) is 5.02. The lowest BCUT2D eigenvalue weighted by atomic mass is 10.2. The smallest absolute Gasteiger partial charge is 0.259 e. The third kappa shape index (κ3) is 4.41. The summed E-state index contributed by atoms with van der Waals surface area (Å²) in [4.78, 5) is 34.1. The normalized spacial score (nSPS) is 15.9. The Bertz CT molecular complexity index is 562. The molecule has 1 aromatic rings. The number of rotatable bonds is 4. The van der Waals surface area contributed by atoms with Crippen LogP contribution in [0.1, 0.15) is 16.8 Å². The summed E-state index contributed by atoms with van der Waals surface area (Å²) >= 11 is 0. The van der Waals surface area contributed by atoms with Crippen LogP contribution in [0.3, 0.4) is 0 Å². The Morgan fingerprint density at radius 2 is 2.04 bits per heavy atom. The van der Waals surface area contributed by atoms with Gasteiger partial charge in [0.1, 0.15) is 5.56 Å². The van der Waals surface area contributed by atoms with Gasteiger partial charge in [0.25, 0.3) is 5.91 Å². The lowest BCUT2D eigenvalue weighted by molar-refractivity contribution is -0.129. The molecule has 2 rings (SSSR count). The van der Waals surface area contributed by atoms with Crippen LogP contribution < -0.4 is 4.74 Å². The van der Waals surface area contributed by atoms with Gasteiger partial charge in [0, 0.05) is 46.5 Å². The quantitative estimate of drug-likeness (QED) is 0.800. The first kappa shape index (κ1) is 17.2. The standard InChI is InChI=1S/C16H24N4O3/c1-18(2)14(21)12-19-8-5-9-20(11-10-19)16(22)13-6-4-7-17-15(13)23-3/h4,6-7H,5,8-12H2,1-3H3. The highest BCUT2D eigenvalue weighted by Gasteiger charge is 2.24. The fraction of sp³-hybridized carbons (Fsp3) is 0.562. The molecule has 0 bridgehead atoms. The van der Waals surface area contributed by atoms with Gasteiger partial charge in [-0.05, 0) is 18.6 Å². The van der Waals surface area contributed by atoms with Gasteiger partial charge in [-0.3, -0.25) is 14.5 Å². The minimum Gasteiger partial charge on any atom is -0.480 e. The van der Waals surface area contributed by atoms with Crippen molar-refractivity contribution in [2.45, 2.75) is 6.42 Å². The molecular formula is C16H24N4O3. The maximum absolute atomic E-state index is 12.7. The average molecular weight is 320 g/mol. The fourth-order valence-electron chi connectivity index (χ4n) is 2.55. The largest absolute Gasteiger partial charge is 0.480 e. The van der Waals surface area contributed by atoms with Gasteiger partial charge in [-0.2, -0.15) is 0 Å². The van der Waals surface area contributed by atoms with Crippen molar-refractivity contribution in [3.8, 4) is 5.88 Å². The highest BCUT2D eigenvalue weighted by molar-refractivity contribution is 5.96. The van der Waals surface area contributed by atoms with Gasteiger partial charge in [-0.15, -0.1) is 0 Å². The van der Waals surface area contributed by atoms with Crippen molar-refractivity contribution < 1.29 is 14.3 Å². The van der Waals surface area contributed by atoms with Gasteiger partial charge >= 0.3 is 0 Å². The molecule has 0 saturated carbocycles. The van der Waals surface area contributed by atoms with Gasteiger partial charge < -0.3 is 14.5 Å². The molecule has 2 amide bonds. The van der Waals surface area contributed by atoms with Crippen LogP contribution in [-0.2, 0) is 4.79 Å². The summed E-state index contributed by atoms with van der Waals surface area (Å²) in [5, 5.41) is 0. The Morgan fingerprint density at radius 3 is 2.74 bits per heavy atom. The molecule has 0 unspecified atom stereocenters. The second kappa shape index (κ2) is 7.92. The first-order valence-electron chi connectivity index (χ1n) is 7.73. The van der Waals surface area contributed by atoms with Crippen LogP contribution in [0.4, 0.5) is 0 Å². The molecule has 1 saturated heterocycles. The van der Waals surface area contributed by atoms with Gasteiger partial charge in [0.2, 0.25) is 11.8 Å². The Labute approximate surface area is 136 Å². The first-order chi connectivity index (χ1) is 11.0.